The lowest BCUT2D eigenvalue weighted by atomic mass is 10.2. The van der Waals surface area contributed by atoms with E-state index in [4.69, 9.17) is 4.74 Å². The smallest absolute Gasteiger partial charge is 0.410 e. The van der Waals surface area contributed by atoms with Gasteiger partial charge in [0.05, 0.1) is 18.3 Å². The molecule has 116 valence electrons. The number of cyclic esters (lactones) is 1. The third kappa shape index (κ3) is 3.19. The number of carbonyl (C=O) groups excluding carboxylic acids is 2. The maximum Gasteiger partial charge on any atom is 0.410 e. The van der Waals surface area contributed by atoms with Gasteiger partial charge >= 0.3 is 6.09 Å². The highest BCUT2D eigenvalue weighted by Gasteiger charge is 2.23. The molecule has 1 aliphatic heterocycles. The Labute approximate surface area is 127 Å². The molecule has 1 N–H and O–H groups in total. The fourth-order valence-corrected chi connectivity index (χ4v) is 2.46. The fraction of sp³-hybridized carbons (Fsp3) is 0.400. The van der Waals surface area contributed by atoms with Crippen molar-refractivity contribution in [2.75, 3.05) is 26.2 Å². The van der Waals surface area contributed by atoms with Crippen molar-refractivity contribution in [3.8, 4) is 0 Å². The minimum Gasteiger partial charge on any atom is -0.448 e. The molecule has 2 amide bonds. The molecule has 1 fully saturated rings. The van der Waals surface area contributed by atoms with Crippen LogP contribution in [0.1, 0.15) is 6.42 Å². The molecule has 1 saturated heterocycles. The van der Waals surface area contributed by atoms with Gasteiger partial charge in [-0.3, -0.25) is 14.4 Å². The number of amides is 2. The number of fused-ring (bicyclic) bond motifs is 1. The Hall–Kier alpha value is -2.57. The van der Waals surface area contributed by atoms with E-state index in [0.29, 0.717) is 19.7 Å². The molecule has 0 bridgehead atoms. The van der Waals surface area contributed by atoms with E-state index in [2.05, 4.69) is 10.4 Å². The van der Waals surface area contributed by atoms with Crippen molar-refractivity contribution in [3.63, 3.8) is 0 Å². The summed E-state index contributed by atoms with van der Waals surface area (Å²) in [5.41, 5.74) is 1.09. The van der Waals surface area contributed by atoms with Gasteiger partial charge in [-0.1, -0.05) is 18.2 Å². The van der Waals surface area contributed by atoms with E-state index in [9.17, 15) is 9.59 Å². The highest BCUT2D eigenvalue weighted by molar-refractivity contribution is 5.82. The molecule has 7 nitrogen and oxygen atoms in total. The van der Waals surface area contributed by atoms with Crippen molar-refractivity contribution >= 4 is 22.9 Å². The number of hydrogen-bond donors (Lipinski definition) is 1. The second-order valence-corrected chi connectivity index (χ2v) is 5.17. The van der Waals surface area contributed by atoms with Gasteiger partial charge in [0, 0.05) is 18.5 Å². The first-order chi connectivity index (χ1) is 10.7. The summed E-state index contributed by atoms with van der Waals surface area (Å²) in [6.07, 6.45) is 2.20. The van der Waals surface area contributed by atoms with E-state index in [0.717, 1.165) is 23.9 Å². The molecule has 1 aliphatic rings. The maximum absolute atomic E-state index is 11.7. The maximum atomic E-state index is 11.7. The highest BCUT2D eigenvalue weighted by atomic mass is 16.6. The second-order valence-electron chi connectivity index (χ2n) is 5.17. The van der Waals surface area contributed by atoms with Crippen LogP contribution in [0.15, 0.2) is 30.5 Å². The number of hydrogen-bond acceptors (Lipinski definition) is 4. The quantitative estimate of drug-likeness (QED) is 0.808. The lowest BCUT2D eigenvalue weighted by Crippen LogP contribution is -2.38. The van der Waals surface area contributed by atoms with Crippen LogP contribution in [0.2, 0.25) is 0 Å². The lowest BCUT2D eigenvalue weighted by Gasteiger charge is -2.12. The van der Waals surface area contributed by atoms with Crippen LogP contribution in [0.5, 0.6) is 0 Å². The Kier molecular flexibility index (Phi) is 4.22. The summed E-state index contributed by atoms with van der Waals surface area (Å²) >= 11 is 0. The molecule has 0 unspecified atom stereocenters. The van der Waals surface area contributed by atoms with E-state index < -0.39 is 6.09 Å². The van der Waals surface area contributed by atoms with E-state index in [-0.39, 0.29) is 12.5 Å². The molecule has 7 heteroatoms. The molecular weight excluding hydrogens is 284 g/mol. The van der Waals surface area contributed by atoms with Crippen LogP contribution in [0.3, 0.4) is 0 Å². The third-order valence-electron chi connectivity index (χ3n) is 3.60. The first-order valence-electron chi connectivity index (χ1n) is 7.33. The molecule has 0 aliphatic carbocycles. The fourth-order valence-electron chi connectivity index (χ4n) is 2.46. The molecule has 0 radical (unpaired) electrons. The zero-order chi connectivity index (χ0) is 15.4. The zero-order valence-electron chi connectivity index (χ0n) is 12.2. The van der Waals surface area contributed by atoms with Gasteiger partial charge in [0.25, 0.3) is 0 Å². The molecule has 1 aromatic carbocycles. The summed E-state index contributed by atoms with van der Waals surface area (Å²) < 4.78 is 6.71. The van der Waals surface area contributed by atoms with Gasteiger partial charge in [0.1, 0.15) is 13.2 Å². The molecule has 0 saturated carbocycles. The number of nitrogens with one attached hydrogen (secondary N) is 1. The van der Waals surface area contributed by atoms with Crippen LogP contribution in [-0.4, -0.2) is 52.9 Å². The summed E-state index contributed by atoms with van der Waals surface area (Å²) in [5, 5.41) is 8.26. The number of aromatic nitrogens is 2. The number of carbonyl (C=O) groups is 2. The van der Waals surface area contributed by atoms with E-state index in [1.165, 1.54) is 4.90 Å². The molecule has 0 atom stereocenters. The second kappa shape index (κ2) is 6.46. The summed E-state index contributed by atoms with van der Waals surface area (Å²) in [6.45, 7) is 2.18. The first kappa shape index (κ1) is 14.4. The number of aryl methyl sites for hydroxylation is 1. The lowest BCUT2D eigenvalue weighted by molar-refractivity contribution is -0.121. The monoisotopic (exact) mass is 302 g/mol. The SMILES string of the molecule is O=C(CN1CCOC1=O)NCCCn1ncc2ccccc21. The zero-order valence-corrected chi connectivity index (χ0v) is 12.2. The summed E-state index contributed by atoms with van der Waals surface area (Å²) in [5.74, 6) is -0.163. The molecule has 1 aromatic heterocycles. The van der Waals surface area contributed by atoms with Gasteiger partial charge in [-0.05, 0) is 12.5 Å². The summed E-state index contributed by atoms with van der Waals surface area (Å²) in [7, 11) is 0. The largest absolute Gasteiger partial charge is 0.448 e. The molecule has 2 heterocycles. The Bertz CT molecular complexity index is 682. The van der Waals surface area contributed by atoms with Crippen molar-refractivity contribution in [2.45, 2.75) is 13.0 Å². The Morgan fingerprint density at radius 3 is 3.05 bits per heavy atom. The molecule has 2 aromatic rings. The van der Waals surface area contributed by atoms with Crippen molar-refractivity contribution in [2.24, 2.45) is 0 Å². The van der Waals surface area contributed by atoms with E-state index in [1.54, 1.807) is 0 Å². The van der Waals surface area contributed by atoms with Crippen LogP contribution in [-0.2, 0) is 16.1 Å². The number of benzene rings is 1. The van der Waals surface area contributed by atoms with Gasteiger partial charge in [-0.2, -0.15) is 5.10 Å². The van der Waals surface area contributed by atoms with Crippen molar-refractivity contribution in [3.05, 3.63) is 30.5 Å². The number of rotatable bonds is 6. The first-order valence-corrected chi connectivity index (χ1v) is 7.33. The molecule has 22 heavy (non-hydrogen) atoms. The Balaban J connectivity index is 1.42. The van der Waals surface area contributed by atoms with Crippen LogP contribution < -0.4 is 5.32 Å². The van der Waals surface area contributed by atoms with Crippen molar-refractivity contribution in [1.29, 1.82) is 0 Å². The predicted molar refractivity (Wildman–Crippen MR) is 80.3 cm³/mol. The average molecular weight is 302 g/mol. The minimum absolute atomic E-state index is 0.0591. The highest BCUT2D eigenvalue weighted by Crippen LogP contribution is 2.12. The van der Waals surface area contributed by atoms with Crippen LogP contribution in [0, 0.1) is 0 Å². The Morgan fingerprint density at radius 1 is 1.36 bits per heavy atom. The molecule has 3 rings (SSSR count). The standard InChI is InChI=1S/C15H18N4O3/c20-14(11-18-8-9-22-15(18)21)16-6-3-7-19-13-5-2-1-4-12(13)10-17-19/h1-2,4-5,10H,3,6-9,11H2,(H,16,20). The van der Waals surface area contributed by atoms with Gasteiger partial charge in [0.15, 0.2) is 0 Å². The number of ether oxygens (including phenoxy) is 1. The summed E-state index contributed by atoms with van der Waals surface area (Å²) in [4.78, 5) is 24.4. The third-order valence-corrected chi connectivity index (χ3v) is 3.60. The van der Waals surface area contributed by atoms with Gasteiger partial charge in [0.2, 0.25) is 5.91 Å². The number of nitrogens with zero attached hydrogens (tertiary/aromatic N) is 3. The normalized spacial score (nSPS) is 14.4. The predicted octanol–water partition coefficient (Wildman–Crippen LogP) is 0.995. The number of para-hydroxylation sites is 1. The van der Waals surface area contributed by atoms with Crippen molar-refractivity contribution in [1.82, 2.24) is 20.0 Å². The van der Waals surface area contributed by atoms with Gasteiger partial charge in [-0.25, -0.2) is 4.79 Å². The Morgan fingerprint density at radius 2 is 2.23 bits per heavy atom. The molecular formula is C15H18N4O3. The minimum atomic E-state index is -0.418. The van der Waals surface area contributed by atoms with Crippen molar-refractivity contribution < 1.29 is 14.3 Å². The molecule has 0 spiro atoms. The average Bonchev–Trinajstić information content (AvgIpc) is 3.11. The van der Waals surface area contributed by atoms with Crippen LogP contribution in [0.25, 0.3) is 10.9 Å². The topological polar surface area (TPSA) is 76.5 Å². The van der Waals surface area contributed by atoms with E-state index in [1.807, 2.05) is 35.1 Å². The summed E-state index contributed by atoms with van der Waals surface area (Å²) in [6, 6.07) is 8.02. The van der Waals surface area contributed by atoms with E-state index >= 15 is 0 Å². The van der Waals surface area contributed by atoms with Gasteiger partial charge < -0.3 is 10.1 Å². The van der Waals surface area contributed by atoms with Gasteiger partial charge in [-0.15, -0.1) is 0 Å². The van der Waals surface area contributed by atoms with Crippen LogP contribution >= 0.6 is 0 Å². The van der Waals surface area contributed by atoms with Crippen LogP contribution in [0.4, 0.5) is 4.79 Å².